The molecule has 0 spiro atoms. The van der Waals surface area contributed by atoms with E-state index in [0.717, 1.165) is 32.0 Å². The highest BCUT2D eigenvalue weighted by molar-refractivity contribution is 6.30. The molecule has 0 atom stereocenters. The first-order valence-corrected chi connectivity index (χ1v) is 5.44. The van der Waals surface area contributed by atoms with Crippen LogP contribution in [0.3, 0.4) is 0 Å². The number of piperazine rings is 1. The zero-order chi connectivity index (χ0) is 11.5. The molecule has 0 aromatic carbocycles. The van der Waals surface area contributed by atoms with Crippen LogP contribution in [0.4, 0.5) is 5.82 Å². The molecule has 1 aliphatic rings. The van der Waals surface area contributed by atoms with Crippen molar-refractivity contribution >= 4 is 17.4 Å². The zero-order valence-corrected chi connectivity index (χ0v) is 9.78. The second-order valence-corrected chi connectivity index (χ2v) is 4.13. The van der Waals surface area contributed by atoms with Gasteiger partial charge in [-0.05, 0) is 7.05 Å². The lowest BCUT2D eigenvalue weighted by Gasteiger charge is -2.32. The number of nitriles is 1. The van der Waals surface area contributed by atoms with Crippen molar-refractivity contribution in [1.82, 2.24) is 14.9 Å². The lowest BCUT2D eigenvalue weighted by molar-refractivity contribution is 0.312. The summed E-state index contributed by atoms with van der Waals surface area (Å²) in [5.41, 5.74) is 0.180. The summed E-state index contributed by atoms with van der Waals surface area (Å²) in [7, 11) is 2.09. The Kier molecular flexibility index (Phi) is 3.22. The summed E-state index contributed by atoms with van der Waals surface area (Å²) in [4.78, 5) is 12.5. The van der Waals surface area contributed by atoms with Crippen LogP contribution in [0.15, 0.2) is 6.20 Å². The van der Waals surface area contributed by atoms with Gasteiger partial charge in [-0.2, -0.15) is 5.26 Å². The Balaban J connectivity index is 2.16. The van der Waals surface area contributed by atoms with E-state index in [9.17, 15) is 0 Å². The highest BCUT2D eigenvalue weighted by Crippen LogP contribution is 2.17. The Morgan fingerprint density at radius 1 is 1.38 bits per heavy atom. The Labute approximate surface area is 99.3 Å². The maximum atomic E-state index is 8.70. The number of nitrogens with zero attached hydrogens (tertiary/aromatic N) is 5. The molecule has 2 heterocycles. The summed E-state index contributed by atoms with van der Waals surface area (Å²) in [5, 5.41) is 8.88. The van der Waals surface area contributed by atoms with Gasteiger partial charge in [-0.1, -0.05) is 11.6 Å². The Hall–Kier alpha value is -1.38. The average Bonchev–Trinajstić information content (AvgIpc) is 2.30. The number of anilines is 1. The van der Waals surface area contributed by atoms with E-state index in [2.05, 4.69) is 26.8 Å². The van der Waals surface area contributed by atoms with Gasteiger partial charge in [0.1, 0.15) is 11.9 Å². The SMILES string of the molecule is CN1CCN(c2cnc(C#N)c(Cl)n2)CC1. The summed E-state index contributed by atoms with van der Waals surface area (Å²) in [6.45, 7) is 3.82. The van der Waals surface area contributed by atoms with Crippen molar-refractivity contribution in [3.05, 3.63) is 17.0 Å². The van der Waals surface area contributed by atoms with E-state index < -0.39 is 0 Å². The van der Waals surface area contributed by atoms with Crippen LogP contribution >= 0.6 is 11.6 Å². The van der Waals surface area contributed by atoms with Crippen molar-refractivity contribution in [2.24, 2.45) is 0 Å². The monoisotopic (exact) mass is 237 g/mol. The first-order valence-electron chi connectivity index (χ1n) is 5.07. The van der Waals surface area contributed by atoms with Crippen LogP contribution in [-0.2, 0) is 0 Å². The van der Waals surface area contributed by atoms with Gasteiger partial charge in [-0.3, -0.25) is 0 Å². The Bertz CT molecular complexity index is 420. The summed E-state index contributed by atoms with van der Waals surface area (Å²) < 4.78 is 0. The fraction of sp³-hybridized carbons (Fsp3) is 0.500. The first kappa shape index (κ1) is 11.1. The van der Waals surface area contributed by atoms with Gasteiger partial charge in [0.05, 0.1) is 6.20 Å². The lowest BCUT2D eigenvalue weighted by Crippen LogP contribution is -2.44. The normalized spacial score (nSPS) is 17.2. The molecule has 0 saturated carbocycles. The highest BCUT2D eigenvalue weighted by atomic mass is 35.5. The molecule has 1 saturated heterocycles. The molecule has 1 fully saturated rings. The molecule has 0 bridgehead atoms. The molecule has 2 rings (SSSR count). The third kappa shape index (κ3) is 2.23. The smallest absolute Gasteiger partial charge is 0.178 e. The predicted molar refractivity (Wildman–Crippen MR) is 61.5 cm³/mol. The summed E-state index contributed by atoms with van der Waals surface area (Å²) in [6, 6.07) is 1.90. The maximum Gasteiger partial charge on any atom is 0.178 e. The predicted octanol–water partition coefficient (Wildman–Crippen LogP) is 0.753. The molecular formula is C10H12ClN5. The van der Waals surface area contributed by atoms with Crippen LogP contribution in [0.25, 0.3) is 0 Å². The molecule has 5 nitrogen and oxygen atoms in total. The standard InChI is InChI=1S/C10H12ClN5/c1-15-2-4-16(5-3-15)9-7-13-8(6-12)10(11)14-9/h7H,2-5H2,1H3. The molecule has 1 aromatic heterocycles. The topological polar surface area (TPSA) is 56.0 Å². The molecule has 0 amide bonds. The van der Waals surface area contributed by atoms with E-state index in [-0.39, 0.29) is 10.8 Å². The van der Waals surface area contributed by atoms with Gasteiger partial charge in [-0.25, -0.2) is 9.97 Å². The second-order valence-electron chi connectivity index (χ2n) is 3.77. The minimum absolute atomic E-state index is 0.180. The van der Waals surface area contributed by atoms with Gasteiger partial charge >= 0.3 is 0 Å². The van der Waals surface area contributed by atoms with Gasteiger partial charge in [0.25, 0.3) is 0 Å². The molecule has 1 aliphatic heterocycles. The van der Waals surface area contributed by atoms with Crippen molar-refractivity contribution in [2.45, 2.75) is 0 Å². The third-order valence-electron chi connectivity index (χ3n) is 2.65. The van der Waals surface area contributed by atoms with E-state index in [0.29, 0.717) is 0 Å². The van der Waals surface area contributed by atoms with Crippen molar-refractivity contribution in [1.29, 1.82) is 5.26 Å². The molecule has 0 radical (unpaired) electrons. The number of hydrogen-bond donors (Lipinski definition) is 0. The molecule has 0 aliphatic carbocycles. The van der Waals surface area contributed by atoms with E-state index in [1.165, 1.54) is 0 Å². The quantitative estimate of drug-likeness (QED) is 0.722. The lowest BCUT2D eigenvalue weighted by atomic mass is 10.3. The minimum atomic E-state index is 0.180. The van der Waals surface area contributed by atoms with Gasteiger partial charge in [0, 0.05) is 26.2 Å². The van der Waals surface area contributed by atoms with Gasteiger partial charge in [0.2, 0.25) is 0 Å². The first-order chi connectivity index (χ1) is 7.70. The third-order valence-corrected chi connectivity index (χ3v) is 2.91. The van der Waals surface area contributed by atoms with Gasteiger partial charge in [0.15, 0.2) is 10.8 Å². The van der Waals surface area contributed by atoms with Crippen LogP contribution < -0.4 is 4.90 Å². The van der Waals surface area contributed by atoms with E-state index >= 15 is 0 Å². The highest BCUT2D eigenvalue weighted by Gasteiger charge is 2.16. The van der Waals surface area contributed by atoms with Crippen LogP contribution in [0.2, 0.25) is 5.15 Å². The molecule has 0 unspecified atom stereocenters. The molecule has 1 aromatic rings. The van der Waals surface area contributed by atoms with Crippen LogP contribution in [-0.4, -0.2) is 48.1 Å². The molecular weight excluding hydrogens is 226 g/mol. The fourth-order valence-electron chi connectivity index (χ4n) is 1.62. The van der Waals surface area contributed by atoms with Crippen LogP contribution in [0.1, 0.15) is 5.69 Å². The molecule has 16 heavy (non-hydrogen) atoms. The van der Waals surface area contributed by atoms with Crippen molar-refractivity contribution < 1.29 is 0 Å². The van der Waals surface area contributed by atoms with Crippen LogP contribution in [0.5, 0.6) is 0 Å². The number of rotatable bonds is 1. The second kappa shape index (κ2) is 4.64. The van der Waals surface area contributed by atoms with Crippen molar-refractivity contribution in [3.63, 3.8) is 0 Å². The number of aromatic nitrogens is 2. The Morgan fingerprint density at radius 2 is 2.06 bits per heavy atom. The van der Waals surface area contributed by atoms with E-state index in [1.807, 2.05) is 6.07 Å². The van der Waals surface area contributed by atoms with Crippen molar-refractivity contribution in [2.75, 3.05) is 38.1 Å². The fourth-order valence-corrected chi connectivity index (χ4v) is 1.80. The van der Waals surface area contributed by atoms with Gasteiger partial charge in [-0.15, -0.1) is 0 Å². The summed E-state index contributed by atoms with van der Waals surface area (Å²) in [6.07, 6.45) is 1.61. The van der Waals surface area contributed by atoms with E-state index in [4.69, 9.17) is 16.9 Å². The average molecular weight is 238 g/mol. The maximum absolute atomic E-state index is 8.70. The number of hydrogen-bond acceptors (Lipinski definition) is 5. The number of likely N-dealkylation sites (N-methyl/N-ethyl adjacent to an activating group) is 1. The summed E-state index contributed by atoms with van der Waals surface area (Å²) >= 11 is 5.84. The number of halogens is 1. The molecule has 0 N–H and O–H groups in total. The summed E-state index contributed by atoms with van der Waals surface area (Å²) in [5.74, 6) is 0.747. The Morgan fingerprint density at radius 3 is 2.62 bits per heavy atom. The molecule has 84 valence electrons. The minimum Gasteiger partial charge on any atom is -0.353 e. The van der Waals surface area contributed by atoms with Crippen LogP contribution in [0, 0.1) is 11.3 Å². The molecule has 6 heteroatoms. The largest absolute Gasteiger partial charge is 0.353 e. The van der Waals surface area contributed by atoms with E-state index in [1.54, 1.807) is 6.20 Å². The van der Waals surface area contributed by atoms with Crippen molar-refractivity contribution in [3.8, 4) is 6.07 Å². The zero-order valence-electron chi connectivity index (χ0n) is 9.02. The van der Waals surface area contributed by atoms with Gasteiger partial charge < -0.3 is 9.80 Å².